The molecule has 0 spiro atoms. The van der Waals surface area contributed by atoms with Gasteiger partial charge in [0, 0.05) is 25.8 Å². The molecule has 0 aliphatic heterocycles. The SMILES string of the molecule is CCCN(CCN(C)C)c1ncc(C(=O)O)c(C)n1. The van der Waals surface area contributed by atoms with Gasteiger partial charge >= 0.3 is 5.97 Å². The van der Waals surface area contributed by atoms with Crippen molar-refractivity contribution in [1.82, 2.24) is 14.9 Å². The van der Waals surface area contributed by atoms with E-state index in [2.05, 4.69) is 26.7 Å². The Morgan fingerprint density at radius 1 is 1.32 bits per heavy atom. The molecule has 0 unspecified atom stereocenters. The largest absolute Gasteiger partial charge is 0.478 e. The highest BCUT2D eigenvalue weighted by Crippen LogP contribution is 2.11. The van der Waals surface area contributed by atoms with E-state index in [0.717, 1.165) is 26.1 Å². The first-order valence-electron chi connectivity index (χ1n) is 6.42. The summed E-state index contributed by atoms with van der Waals surface area (Å²) in [6, 6.07) is 0. The summed E-state index contributed by atoms with van der Waals surface area (Å²) in [6.45, 7) is 6.39. The number of likely N-dealkylation sites (N-methyl/N-ethyl adjacent to an activating group) is 1. The molecule has 0 saturated heterocycles. The lowest BCUT2D eigenvalue weighted by Gasteiger charge is -2.24. The molecule has 19 heavy (non-hydrogen) atoms. The second-order valence-electron chi connectivity index (χ2n) is 4.76. The van der Waals surface area contributed by atoms with Crippen LogP contribution in [0, 0.1) is 6.92 Å². The third kappa shape index (κ3) is 4.48. The summed E-state index contributed by atoms with van der Waals surface area (Å²) in [7, 11) is 4.04. The van der Waals surface area contributed by atoms with Gasteiger partial charge < -0.3 is 14.9 Å². The highest BCUT2D eigenvalue weighted by molar-refractivity contribution is 5.88. The fourth-order valence-corrected chi connectivity index (χ4v) is 1.72. The molecule has 6 heteroatoms. The maximum absolute atomic E-state index is 10.9. The monoisotopic (exact) mass is 266 g/mol. The maximum atomic E-state index is 10.9. The number of carbonyl (C=O) groups is 1. The lowest BCUT2D eigenvalue weighted by molar-refractivity contribution is 0.0695. The van der Waals surface area contributed by atoms with Gasteiger partial charge in [-0.3, -0.25) is 0 Å². The molecule has 0 fully saturated rings. The van der Waals surface area contributed by atoms with Gasteiger partial charge in [-0.25, -0.2) is 14.8 Å². The summed E-state index contributed by atoms with van der Waals surface area (Å²) in [4.78, 5) is 23.6. The Hall–Kier alpha value is -1.69. The minimum Gasteiger partial charge on any atom is -0.478 e. The molecule has 106 valence electrons. The number of hydrogen-bond donors (Lipinski definition) is 1. The zero-order chi connectivity index (χ0) is 14.4. The van der Waals surface area contributed by atoms with Gasteiger partial charge in [0.2, 0.25) is 5.95 Å². The average molecular weight is 266 g/mol. The lowest BCUT2D eigenvalue weighted by Crippen LogP contribution is -2.33. The minimum atomic E-state index is -0.987. The molecular formula is C13H22N4O2. The molecule has 0 amide bonds. The quantitative estimate of drug-likeness (QED) is 0.801. The predicted octanol–water partition coefficient (Wildman–Crippen LogP) is 1.26. The van der Waals surface area contributed by atoms with Crippen LogP contribution in [0.4, 0.5) is 5.95 Å². The van der Waals surface area contributed by atoms with Crippen molar-refractivity contribution < 1.29 is 9.90 Å². The summed E-state index contributed by atoms with van der Waals surface area (Å²) in [5, 5.41) is 8.97. The van der Waals surface area contributed by atoms with Gasteiger partial charge in [0.1, 0.15) is 0 Å². The van der Waals surface area contributed by atoms with Gasteiger partial charge in [-0.05, 0) is 27.4 Å². The summed E-state index contributed by atoms with van der Waals surface area (Å²) in [5.41, 5.74) is 0.663. The standard InChI is InChI=1S/C13H22N4O2/c1-5-6-17(8-7-16(3)4)13-14-9-11(12(18)19)10(2)15-13/h9H,5-8H2,1-4H3,(H,18,19). The summed E-state index contributed by atoms with van der Waals surface area (Å²) in [5.74, 6) is -0.384. The van der Waals surface area contributed by atoms with Crippen LogP contribution >= 0.6 is 0 Å². The van der Waals surface area contributed by atoms with Gasteiger partial charge in [-0.2, -0.15) is 0 Å². The second-order valence-corrected chi connectivity index (χ2v) is 4.76. The zero-order valence-electron chi connectivity index (χ0n) is 12.1. The number of carboxylic acids is 1. The van der Waals surface area contributed by atoms with Crippen molar-refractivity contribution in [2.45, 2.75) is 20.3 Å². The molecule has 1 aromatic rings. The Morgan fingerprint density at radius 3 is 2.47 bits per heavy atom. The molecule has 0 aromatic carbocycles. The number of aryl methyl sites for hydroxylation is 1. The van der Waals surface area contributed by atoms with E-state index in [-0.39, 0.29) is 5.56 Å². The summed E-state index contributed by atoms with van der Waals surface area (Å²) >= 11 is 0. The van der Waals surface area contributed by atoms with Crippen LogP contribution in [0.25, 0.3) is 0 Å². The first kappa shape index (κ1) is 15.4. The highest BCUT2D eigenvalue weighted by atomic mass is 16.4. The van der Waals surface area contributed by atoms with E-state index in [1.165, 1.54) is 6.20 Å². The molecule has 0 bridgehead atoms. The van der Waals surface area contributed by atoms with Crippen LogP contribution in [0.2, 0.25) is 0 Å². The van der Waals surface area contributed by atoms with E-state index in [1.807, 2.05) is 14.1 Å². The smallest absolute Gasteiger partial charge is 0.339 e. The van der Waals surface area contributed by atoms with E-state index in [9.17, 15) is 4.79 Å². The van der Waals surface area contributed by atoms with Crippen molar-refractivity contribution in [2.24, 2.45) is 0 Å². The van der Waals surface area contributed by atoms with E-state index in [0.29, 0.717) is 11.6 Å². The van der Waals surface area contributed by atoms with E-state index < -0.39 is 5.97 Å². The number of carboxylic acid groups (broad SMARTS) is 1. The summed E-state index contributed by atoms with van der Waals surface area (Å²) < 4.78 is 0. The highest BCUT2D eigenvalue weighted by Gasteiger charge is 2.14. The van der Waals surface area contributed by atoms with Crippen LogP contribution in [0.5, 0.6) is 0 Å². The van der Waals surface area contributed by atoms with Crippen molar-refractivity contribution in [2.75, 3.05) is 38.6 Å². The average Bonchev–Trinajstić information content (AvgIpc) is 2.33. The third-order valence-corrected chi connectivity index (χ3v) is 2.79. The van der Waals surface area contributed by atoms with Gasteiger partial charge in [-0.15, -0.1) is 0 Å². The number of rotatable bonds is 7. The zero-order valence-corrected chi connectivity index (χ0v) is 12.1. The molecule has 0 atom stereocenters. The van der Waals surface area contributed by atoms with Crippen molar-refractivity contribution in [3.63, 3.8) is 0 Å². The first-order valence-corrected chi connectivity index (χ1v) is 6.42. The minimum absolute atomic E-state index is 0.160. The van der Waals surface area contributed by atoms with Crippen LogP contribution in [-0.2, 0) is 0 Å². The topological polar surface area (TPSA) is 69.6 Å². The normalized spacial score (nSPS) is 10.8. The molecule has 1 rings (SSSR count). The molecule has 1 N–H and O–H groups in total. The van der Waals surface area contributed by atoms with Crippen LogP contribution in [-0.4, -0.2) is 59.7 Å². The Morgan fingerprint density at radius 2 is 2.00 bits per heavy atom. The number of aromatic carboxylic acids is 1. The van der Waals surface area contributed by atoms with Crippen molar-refractivity contribution in [3.05, 3.63) is 17.5 Å². The fraction of sp³-hybridized carbons (Fsp3) is 0.615. The third-order valence-electron chi connectivity index (χ3n) is 2.79. The molecule has 0 saturated carbocycles. The maximum Gasteiger partial charge on any atom is 0.339 e. The fourth-order valence-electron chi connectivity index (χ4n) is 1.72. The number of hydrogen-bond acceptors (Lipinski definition) is 5. The van der Waals surface area contributed by atoms with Crippen LogP contribution in [0.3, 0.4) is 0 Å². The Kier molecular flexibility index (Phi) is 5.69. The van der Waals surface area contributed by atoms with Crippen LogP contribution < -0.4 is 4.90 Å². The number of anilines is 1. The van der Waals surface area contributed by atoms with E-state index in [1.54, 1.807) is 6.92 Å². The predicted molar refractivity (Wildman–Crippen MR) is 74.8 cm³/mol. The number of nitrogens with zero attached hydrogens (tertiary/aromatic N) is 4. The molecule has 6 nitrogen and oxygen atoms in total. The number of aromatic nitrogens is 2. The molecule has 0 radical (unpaired) electrons. The molecule has 0 aliphatic carbocycles. The second kappa shape index (κ2) is 7.04. The molecule has 0 aliphatic rings. The van der Waals surface area contributed by atoms with Gasteiger partial charge in [-0.1, -0.05) is 6.92 Å². The van der Waals surface area contributed by atoms with Crippen molar-refractivity contribution >= 4 is 11.9 Å². The Balaban J connectivity index is 2.90. The van der Waals surface area contributed by atoms with Gasteiger partial charge in [0.25, 0.3) is 0 Å². The van der Waals surface area contributed by atoms with Gasteiger partial charge in [0.05, 0.1) is 11.3 Å². The summed E-state index contributed by atoms with van der Waals surface area (Å²) in [6.07, 6.45) is 2.38. The molecule has 1 heterocycles. The Labute approximate surface area is 114 Å². The van der Waals surface area contributed by atoms with Crippen LogP contribution in [0.1, 0.15) is 29.4 Å². The Bertz CT molecular complexity index is 435. The molecule has 1 aromatic heterocycles. The van der Waals surface area contributed by atoms with Crippen molar-refractivity contribution in [3.8, 4) is 0 Å². The van der Waals surface area contributed by atoms with Crippen LogP contribution in [0.15, 0.2) is 6.20 Å². The van der Waals surface area contributed by atoms with Gasteiger partial charge in [0.15, 0.2) is 0 Å². The lowest BCUT2D eigenvalue weighted by atomic mass is 10.2. The molecular weight excluding hydrogens is 244 g/mol. The van der Waals surface area contributed by atoms with E-state index >= 15 is 0 Å². The van der Waals surface area contributed by atoms with E-state index in [4.69, 9.17) is 5.11 Å². The van der Waals surface area contributed by atoms with Crippen molar-refractivity contribution in [1.29, 1.82) is 0 Å². The first-order chi connectivity index (χ1) is 8.95.